The minimum Gasteiger partial charge on any atom is -0.385 e. The zero-order chi connectivity index (χ0) is 12.7. The fourth-order valence-electron chi connectivity index (χ4n) is 2.57. The van der Waals surface area contributed by atoms with E-state index in [2.05, 4.69) is 54.1 Å². The van der Waals surface area contributed by atoms with Gasteiger partial charge < -0.3 is 5.32 Å². The van der Waals surface area contributed by atoms with Gasteiger partial charge in [-0.2, -0.15) is 5.10 Å². The second-order valence-corrected chi connectivity index (χ2v) is 5.08. The van der Waals surface area contributed by atoms with Crippen molar-refractivity contribution in [3.8, 4) is 5.69 Å². The van der Waals surface area contributed by atoms with Crippen LogP contribution in [0.3, 0.4) is 0 Å². The quantitative estimate of drug-likeness (QED) is 0.831. The highest BCUT2D eigenvalue weighted by Gasteiger charge is 2.12. The van der Waals surface area contributed by atoms with E-state index in [1.807, 2.05) is 0 Å². The number of rotatable bonds is 1. The summed E-state index contributed by atoms with van der Waals surface area (Å²) in [5.41, 5.74) is 7.49. The first kappa shape index (κ1) is 11.3. The van der Waals surface area contributed by atoms with Crippen molar-refractivity contribution in [1.82, 2.24) is 9.78 Å². The Morgan fingerprint density at radius 3 is 2.78 bits per heavy atom. The third kappa shape index (κ3) is 1.70. The summed E-state index contributed by atoms with van der Waals surface area (Å²) in [6, 6.07) is 6.59. The lowest BCUT2D eigenvalue weighted by atomic mass is 10.0. The molecule has 3 nitrogen and oxygen atoms in total. The lowest BCUT2D eigenvalue weighted by Gasteiger charge is -2.19. The molecule has 0 radical (unpaired) electrons. The van der Waals surface area contributed by atoms with Crippen LogP contribution in [0.5, 0.6) is 0 Å². The van der Waals surface area contributed by atoms with Crippen LogP contribution in [-0.4, -0.2) is 16.3 Å². The fraction of sp³-hybridized carbons (Fsp3) is 0.400. The second kappa shape index (κ2) is 4.16. The van der Waals surface area contributed by atoms with Gasteiger partial charge in [-0.3, -0.25) is 0 Å². The van der Waals surface area contributed by atoms with Gasteiger partial charge in [0.1, 0.15) is 0 Å². The normalized spacial score (nSPS) is 14.2. The topological polar surface area (TPSA) is 29.9 Å². The number of aromatic nitrogens is 2. The number of nitrogens with one attached hydrogen (secondary N) is 1. The Morgan fingerprint density at radius 1 is 1.22 bits per heavy atom. The highest BCUT2D eigenvalue weighted by molar-refractivity contribution is 5.57. The van der Waals surface area contributed by atoms with Crippen molar-refractivity contribution in [1.29, 1.82) is 0 Å². The lowest BCUT2D eigenvalue weighted by Crippen LogP contribution is -2.12. The zero-order valence-corrected chi connectivity index (χ0v) is 11.2. The molecule has 94 valence electrons. The van der Waals surface area contributed by atoms with Gasteiger partial charge in [0.25, 0.3) is 0 Å². The number of anilines is 1. The lowest BCUT2D eigenvalue weighted by molar-refractivity contribution is 0.809. The molecule has 1 aromatic carbocycles. The Bertz CT molecular complexity index is 596. The molecule has 0 spiro atoms. The summed E-state index contributed by atoms with van der Waals surface area (Å²) < 4.78 is 2.06. The molecule has 1 aliphatic rings. The average Bonchev–Trinajstić information content (AvgIpc) is 2.66. The van der Waals surface area contributed by atoms with Crippen molar-refractivity contribution in [3.63, 3.8) is 0 Å². The molecule has 2 aromatic rings. The van der Waals surface area contributed by atoms with Gasteiger partial charge in [-0.25, -0.2) is 4.68 Å². The molecule has 0 saturated heterocycles. The van der Waals surface area contributed by atoms with E-state index in [0.29, 0.717) is 0 Å². The fourth-order valence-corrected chi connectivity index (χ4v) is 2.57. The Balaban J connectivity index is 2.09. The predicted molar refractivity (Wildman–Crippen MR) is 74.6 cm³/mol. The molecule has 0 saturated carbocycles. The number of nitrogens with zero attached hydrogens (tertiary/aromatic N) is 2. The van der Waals surface area contributed by atoms with Crippen molar-refractivity contribution in [2.45, 2.75) is 33.6 Å². The molecule has 0 bridgehead atoms. The Hall–Kier alpha value is -1.77. The molecule has 1 aromatic heterocycles. The van der Waals surface area contributed by atoms with Crippen LogP contribution in [0.4, 0.5) is 5.69 Å². The maximum absolute atomic E-state index is 4.63. The molecular formula is C15H19N3. The molecule has 0 atom stereocenters. The van der Waals surface area contributed by atoms with Crippen LogP contribution < -0.4 is 5.32 Å². The molecule has 0 aliphatic carbocycles. The Morgan fingerprint density at radius 2 is 2.06 bits per heavy atom. The molecule has 3 rings (SSSR count). The van der Waals surface area contributed by atoms with Crippen LogP contribution >= 0.6 is 0 Å². The van der Waals surface area contributed by atoms with E-state index in [4.69, 9.17) is 0 Å². The molecule has 18 heavy (non-hydrogen) atoms. The number of fused-ring (bicyclic) bond motifs is 1. The van der Waals surface area contributed by atoms with Crippen LogP contribution in [0, 0.1) is 20.8 Å². The van der Waals surface area contributed by atoms with Crippen LogP contribution in [0.2, 0.25) is 0 Å². The van der Waals surface area contributed by atoms with Gasteiger partial charge in [-0.1, -0.05) is 0 Å². The largest absolute Gasteiger partial charge is 0.385 e. The number of hydrogen-bond acceptors (Lipinski definition) is 2. The van der Waals surface area contributed by atoms with Gasteiger partial charge in [0.05, 0.1) is 11.4 Å². The molecule has 0 fully saturated rings. The van der Waals surface area contributed by atoms with Crippen LogP contribution in [-0.2, 0) is 6.42 Å². The van der Waals surface area contributed by atoms with Crippen molar-refractivity contribution >= 4 is 5.69 Å². The number of aryl methyl sites for hydroxylation is 2. The van der Waals surface area contributed by atoms with Crippen LogP contribution in [0.1, 0.15) is 28.9 Å². The summed E-state index contributed by atoms with van der Waals surface area (Å²) in [5, 5.41) is 8.07. The first-order valence-corrected chi connectivity index (χ1v) is 6.57. The number of hydrogen-bond donors (Lipinski definition) is 1. The third-order valence-corrected chi connectivity index (χ3v) is 3.92. The van der Waals surface area contributed by atoms with Gasteiger partial charge in [0.2, 0.25) is 0 Å². The van der Waals surface area contributed by atoms with Crippen LogP contribution in [0.25, 0.3) is 5.69 Å². The van der Waals surface area contributed by atoms with E-state index in [0.717, 1.165) is 18.7 Å². The van der Waals surface area contributed by atoms with Gasteiger partial charge >= 0.3 is 0 Å². The molecule has 1 N–H and O–H groups in total. The van der Waals surface area contributed by atoms with Crippen molar-refractivity contribution in [3.05, 3.63) is 40.7 Å². The first-order valence-electron chi connectivity index (χ1n) is 6.57. The SMILES string of the molecule is Cc1nn(-c2ccc3c(c2)CCCN3)c(C)c1C. The summed E-state index contributed by atoms with van der Waals surface area (Å²) in [7, 11) is 0. The smallest absolute Gasteiger partial charge is 0.0653 e. The third-order valence-electron chi connectivity index (χ3n) is 3.92. The maximum Gasteiger partial charge on any atom is 0.0653 e. The van der Waals surface area contributed by atoms with E-state index < -0.39 is 0 Å². The van der Waals surface area contributed by atoms with Gasteiger partial charge in [0, 0.05) is 17.9 Å². The molecule has 0 amide bonds. The summed E-state index contributed by atoms with van der Waals surface area (Å²) >= 11 is 0. The Labute approximate surface area is 108 Å². The van der Waals surface area contributed by atoms with E-state index >= 15 is 0 Å². The zero-order valence-electron chi connectivity index (χ0n) is 11.2. The molecular weight excluding hydrogens is 222 g/mol. The molecule has 1 aliphatic heterocycles. The monoisotopic (exact) mass is 241 g/mol. The minimum absolute atomic E-state index is 1.09. The standard InChI is InChI=1S/C15H19N3/c1-10-11(2)17-18(12(10)3)14-6-7-15-13(9-14)5-4-8-16-15/h6-7,9,16H,4-5,8H2,1-3H3. The van der Waals surface area contributed by atoms with Crippen molar-refractivity contribution in [2.24, 2.45) is 0 Å². The van der Waals surface area contributed by atoms with E-state index in [1.54, 1.807) is 0 Å². The Kier molecular flexibility index (Phi) is 2.62. The predicted octanol–water partition coefficient (Wildman–Crippen LogP) is 3.16. The molecule has 3 heteroatoms. The average molecular weight is 241 g/mol. The summed E-state index contributed by atoms with van der Waals surface area (Å²) in [4.78, 5) is 0. The van der Waals surface area contributed by atoms with E-state index in [9.17, 15) is 0 Å². The molecule has 0 unspecified atom stereocenters. The number of benzene rings is 1. The van der Waals surface area contributed by atoms with Crippen molar-refractivity contribution in [2.75, 3.05) is 11.9 Å². The maximum atomic E-state index is 4.63. The highest BCUT2D eigenvalue weighted by Crippen LogP contribution is 2.25. The van der Waals surface area contributed by atoms with Gasteiger partial charge in [-0.05, 0) is 62.9 Å². The molecule has 2 heterocycles. The summed E-state index contributed by atoms with van der Waals surface area (Å²) in [5.74, 6) is 0. The summed E-state index contributed by atoms with van der Waals surface area (Å²) in [6.45, 7) is 7.42. The van der Waals surface area contributed by atoms with Gasteiger partial charge in [0.15, 0.2) is 0 Å². The second-order valence-electron chi connectivity index (χ2n) is 5.08. The van der Waals surface area contributed by atoms with Gasteiger partial charge in [-0.15, -0.1) is 0 Å². The van der Waals surface area contributed by atoms with E-state index in [1.165, 1.54) is 34.6 Å². The first-order chi connectivity index (χ1) is 8.66. The minimum atomic E-state index is 1.09. The van der Waals surface area contributed by atoms with Crippen molar-refractivity contribution < 1.29 is 0 Å². The highest BCUT2D eigenvalue weighted by atomic mass is 15.3. The van der Waals surface area contributed by atoms with E-state index in [-0.39, 0.29) is 0 Å². The summed E-state index contributed by atoms with van der Waals surface area (Å²) in [6.07, 6.45) is 2.38. The van der Waals surface area contributed by atoms with Crippen LogP contribution in [0.15, 0.2) is 18.2 Å².